The number of amides is 3. The Hall–Kier alpha value is -3.28. The van der Waals surface area contributed by atoms with Crippen molar-refractivity contribution in [2.45, 2.75) is 6.04 Å². The van der Waals surface area contributed by atoms with E-state index in [1.165, 1.54) is 4.90 Å². The van der Waals surface area contributed by atoms with Crippen molar-refractivity contribution in [1.82, 2.24) is 10.2 Å². The maximum absolute atomic E-state index is 13.2. The maximum Gasteiger partial charge on any atom is 0.322 e. The van der Waals surface area contributed by atoms with Gasteiger partial charge in [-0.1, -0.05) is 30.3 Å². The second-order valence-electron chi connectivity index (χ2n) is 6.30. The maximum atomic E-state index is 13.2. The first kappa shape index (κ1) is 16.2. The minimum atomic E-state index is -0.471. The fourth-order valence-corrected chi connectivity index (χ4v) is 3.43. The van der Waals surface area contributed by atoms with Crippen molar-refractivity contribution in [3.63, 3.8) is 0 Å². The predicted octanol–water partition coefficient (Wildman–Crippen LogP) is 2.69. The zero-order valence-electron chi connectivity index (χ0n) is 14.6. The number of carbonyl (C=O) groups excluding carboxylic acids is 2. The molecule has 0 radical (unpaired) electrons. The molecule has 0 spiro atoms. The fourth-order valence-electron chi connectivity index (χ4n) is 3.43. The van der Waals surface area contributed by atoms with E-state index in [2.05, 4.69) is 5.32 Å². The van der Waals surface area contributed by atoms with E-state index in [4.69, 9.17) is 4.74 Å². The van der Waals surface area contributed by atoms with Gasteiger partial charge in [-0.15, -0.1) is 0 Å². The van der Waals surface area contributed by atoms with E-state index in [1.54, 1.807) is 19.1 Å². The summed E-state index contributed by atoms with van der Waals surface area (Å²) < 4.78 is 5.19. The number of hydrogen-bond acceptors (Lipinski definition) is 3. The fraction of sp³-hybridized carbons (Fsp3) is 0.200. The lowest BCUT2D eigenvalue weighted by Gasteiger charge is -2.31. The van der Waals surface area contributed by atoms with Gasteiger partial charge in [0.25, 0.3) is 5.91 Å². The average Bonchev–Trinajstić information content (AvgIpc) is 3.03. The summed E-state index contributed by atoms with van der Waals surface area (Å²) >= 11 is 0. The van der Waals surface area contributed by atoms with Crippen molar-refractivity contribution >= 4 is 17.6 Å². The van der Waals surface area contributed by atoms with E-state index in [-0.39, 0.29) is 11.9 Å². The number of likely N-dealkylation sites (N-methyl/N-ethyl adjacent to an activating group) is 1. The number of nitrogens with one attached hydrogen (secondary N) is 1. The first-order valence-corrected chi connectivity index (χ1v) is 8.38. The molecular weight excluding hydrogens is 330 g/mol. The van der Waals surface area contributed by atoms with Crippen LogP contribution in [0.25, 0.3) is 0 Å². The van der Waals surface area contributed by atoms with E-state index < -0.39 is 6.04 Å². The highest BCUT2D eigenvalue weighted by atomic mass is 16.5. The number of urea groups is 1. The Morgan fingerprint density at radius 3 is 2.38 bits per heavy atom. The molecule has 0 fully saturated rings. The number of para-hydroxylation sites is 1. The molecule has 1 atom stereocenters. The molecule has 2 aliphatic heterocycles. The average molecular weight is 349 g/mol. The van der Waals surface area contributed by atoms with Gasteiger partial charge in [-0.05, 0) is 29.8 Å². The molecule has 0 saturated carbocycles. The monoisotopic (exact) mass is 349 g/mol. The molecular formula is C20H19N3O3. The lowest BCUT2D eigenvalue weighted by atomic mass is 9.95. The second-order valence-corrected chi connectivity index (χ2v) is 6.30. The number of rotatable bonds is 3. The highest BCUT2D eigenvalue weighted by Crippen LogP contribution is 2.37. The Balaban J connectivity index is 1.74. The minimum Gasteiger partial charge on any atom is -0.497 e. The normalized spacial score (nSPS) is 19.5. The number of benzene rings is 2. The van der Waals surface area contributed by atoms with Gasteiger partial charge in [-0.2, -0.15) is 0 Å². The van der Waals surface area contributed by atoms with Gasteiger partial charge < -0.3 is 15.0 Å². The third-order valence-corrected chi connectivity index (χ3v) is 4.88. The number of methoxy groups -OCH3 is 1. The molecule has 2 aliphatic rings. The number of nitrogens with zero attached hydrogens (tertiary/aromatic N) is 2. The number of hydrogen-bond donors (Lipinski definition) is 1. The molecule has 132 valence electrons. The Morgan fingerprint density at radius 1 is 1.04 bits per heavy atom. The highest BCUT2D eigenvalue weighted by molar-refractivity contribution is 6.11. The van der Waals surface area contributed by atoms with Crippen molar-refractivity contribution in [3.05, 3.63) is 71.4 Å². The van der Waals surface area contributed by atoms with Crippen LogP contribution in [0.5, 0.6) is 5.75 Å². The van der Waals surface area contributed by atoms with Crippen LogP contribution in [0, 0.1) is 0 Å². The van der Waals surface area contributed by atoms with Gasteiger partial charge in [-0.3, -0.25) is 9.69 Å². The van der Waals surface area contributed by atoms with E-state index in [0.29, 0.717) is 12.1 Å². The Kier molecular flexibility index (Phi) is 3.88. The molecule has 2 aromatic rings. The minimum absolute atomic E-state index is 0.0844. The van der Waals surface area contributed by atoms with Gasteiger partial charge in [-0.25, -0.2) is 4.79 Å². The smallest absolute Gasteiger partial charge is 0.322 e. The summed E-state index contributed by atoms with van der Waals surface area (Å²) in [5, 5.41) is 2.93. The predicted molar refractivity (Wildman–Crippen MR) is 97.9 cm³/mol. The van der Waals surface area contributed by atoms with Gasteiger partial charge in [0.05, 0.1) is 31.0 Å². The van der Waals surface area contributed by atoms with Crippen molar-refractivity contribution < 1.29 is 14.3 Å². The lowest BCUT2D eigenvalue weighted by Crippen LogP contribution is -2.45. The van der Waals surface area contributed by atoms with Crippen molar-refractivity contribution in [2.75, 3.05) is 25.6 Å². The van der Waals surface area contributed by atoms with Gasteiger partial charge in [0.15, 0.2) is 0 Å². The lowest BCUT2D eigenvalue weighted by molar-refractivity contribution is -0.114. The molecule has 2 aromatic carbocycles. The summed E-state index contributed by atoms with van der Waals surface area (Å²) in [6.45, 7) is 0.384. The Labute approximate surface area is 151 Å². The summed E-state index contributed by atoms with van der Waals surface area (Å²) in [5.41, 5.74) is 3.02. The third kappa shape index (κ3) is 2.50. The summed E-state index contributed by atoms with van der Waals surface area (Å²) in [6.07, 6.45) is 0. The van der Waals surface area contributed by atoms with Gasteiger partial charge in [0.1, 0.15) is 5.75 Å². The van der Waals surface area contributed by atoms with Crippen LogP contribution in [0.2, 0.25) is 0 Å². The first-order chi connectivity index (χ1) is 12.6. The number of anilines is 1. The van der Waals surface area contributed by atoms with Crippen molar-refractivity contribution in [3.8, 4) is 5.75 Å². The van der Waals surface area contributed by atoms with Crippen LogP contribution in [0.4, 0.5) is 10.5 Å². The summed E-state index contributed by atoms with van der Waals surface area (Å²) in [7, 11) is 3.29. The van der Waals surface area contributed by atoms with Crippen LogP contribution in [0.3, 0.4) is 0 Å². The molecule has 0 saturated heterocycles. The van der Waals surface area contributed by atoms with E-state index in [1.807, 2.05) is 54.6 Å². The molecule has 26 heavy (non-hydrogen) atoms. The summed E-state index contributed by atoms with van der Waals surface area (Å²) in [6, 6.07) is 16.2. The van der Waals surface area contributed by atoms with Crippen LogP contribution in [0.1, 0.15) is 11.6 Å². The third-order valence-electron chi connectivity index (χ3n) is 4.88. The highest BCUT2D eigenvalue weighted by Gasteiger charge is 2.43. The van der Waals surface area contributed by atoms with Crippen LogP contribution in [-0.4, -0.2) is 37.5 Å². The van der Waals surface area contributed by atoms with E-state index >= 15 is 0 Å². The second kappa shape index (κ2) is 6.22. The Bertz CT molecular complexity index is 890. The molecule has 4 rings (SSSR count). The molecule has 6 heteroatoms. The Morgan fingerprint density at radius 2 is 1.73 bits per heavy atom. The SMILES string of the molecule is COc1ccc(C2NC(=O)N(C)C3=C2C(=O)N(c2ccccc2)C3)cc1. The molecule has 3 amide bonds. The summed E-state index contributed by atoms with van der Waals surface area (Å²) in [5.74, 6) is 0.643. The number of carbonyl (C=O) groups is 2. The van der Waals surface area contributed by atoms with Crippen LogP contribution in [-0.2, 0) is 4.79 Å². The molecule has 0 aliphatic carbocycles. The van der Waals surface area contributed by atoms with Crippen molar-refractivity contribution in [2.24, 2.45) is 0 Å². The van der Waals surface area contributed by atoms with Gasteiger partial charge in [0, 0.05) is 12.7 Å². The molecule has 0 aromatic heterocycles. The molecule has 6 nitrogen and oxygen atoms in total. The zero-order valence-corrected chi connectivity index (χ0v) is 14.6. The first-order valence-electron chi connectivity index (χ1n) is 8.38. The topological polar surface area (TPSA) is 61.9 Å². The molecule has 2 heterocycles. The van der Waals surface area contributed by atoms with Gasteiger partial charge in [0.2, 0.25) is 0 Å². The van der Waals surface area contributed by atoms with Gasteiger partial charge >= 0.3 is 6.03 Å². The van der Waals surface area contributed by atoms with Crippen LogP contribution in [0.15, 0.2) is 65.9 Å². The molecule has 0 bridgehead atoms. The van der Waals surface area contributed by atoms with Crippen LogP contribution < -0.4 is 15.0 Å². The van der Waals surface area contributed by atoms with Crippen molar-refractivity contribution in [1.29, 1.82) is 0 Å². The largest absolute Gasteiger partial charge is 0.497 e. The zero-order chi connectivity index (χ0) is 18.3. The quantitative estimate of drug-likeness (QED) is 0.927. The molecule has 1 unspecified atom stereocenters. The summed E-state index contributed by atoms with van der Waals surface area (Å²) in [4.78, 5) is 28.8. The standard InChI is InChI=1S/C20H19N3O3/c1-22-16-12-23(14-6-4-3-5-7-14)19(24)17(16)18(21-20(22)25)13-8-10-15(26-2)11-9-13/h3-11,18H,12H2,1-2H3,(H,21,25). The van der Waals surface area contributed by atoms with Crippen LogP contribution >= 0.6 is 0 Å². The van der Waals surface area contributed by atoms with E-state index in [0.717, 1.165) is 22.7 Å². The molecule has 1 N–H and O–H groups in total. The van der Waals surface area contributed by atoms with E-state index in [9.17, 15) is 9.59 Å². The number of ether oxygens (including phenoxy) is 1.